The van der Waals surface area contributed by atoms with Crippen LogP contribution in [0.5, 0.6) is 0 Å². The van der Waals surface area contributed by atoms with Crippen LogP contribution in [-0.4, -0.2) is 9.13 Å². The van der Waals surface area contributed by atoms with Gasteiger partial charge in [-0.25, -0.2) is 0 Å². The molecule has 25 aromatic rings. The summed E-state index contributed by atoms with van der Waals surface area (Å²) < 4.78 is 17.1. The van der Waals surface area contributed by atoms with Gasteiger partial charge in [0, 0.05) is 99.1 Å². The molecular weight excluding hydrogens is 1650 g/mol. The summed E-state index contributed by atoms with van der Waals surface area (Å²) in [5.74, 6) is 0. The van der Waals surface area contributed by atoms with Crippen LogP contribution in [-0.2, 0) is 10.8 Å². The van der Waals surface area contributed by atoms with Crippen molar-refractivity contribution in [2.45, 2.75) is 38.5 Å². The fourth-order valence-electron chi connectivity index (χ4n) is 22.2. The molecule has 0 aliphatic heterocycles. The molecule has 27 rings (SSSR count). The van der Waals surface area contributed by atoms with E-state index in [0.29, 0.717) is 0 Å². The first-order valence-corrected chi connectivity index (χ1v) is 47.1. The third-order valence-electron chi connectivity index (χ3n) is 29.0. The highest BCUT2D eigenvalue weighted by molar-refractivity contribution is 6.15. The number of aromatic nitrogens is 2. The average molecular weight is 1740 g/mol. The lowest BCUT2D eigenvalue weighted by atomic mass is 9.81. The molecule has 4 aromatic heterocycles. The molecule has 0 fully saturated rings. The molecule has 2 aliphatic rings. The Morgan fingerprint density at radius 1 is 0.176 bits per heavy atom. The number of benzene rings is 21. The van der Waals surface area contributed by atoms with E-state index < -0.39 is 0 Å². The van der Waals surface area contributed by atoms with E-state index in [1.165, 1.54) is 143 Å². The number of hydrogen-bond donors (Lipinski definition) is 0. The first-order chi connectivity index (χ1) is 66.9. The van der Waals surface area contributed by atoms with Gasteiger partial charge in [0.15, 0.2) is 0 Å². The van der Waals surface area contributed by atoms with Gasteiger partial charge in [0.25, 0.3) is 0 Å². The number of furan rings is 2. The van der Waals surface area contributed by atoms with Gasteiger partial charge in [0.05, 0.1) is 27.8 Å². The molecule has 6 nitrogen and oxygen atoms in total. The summed E-state index contributed by atoms with van der Waals surface area (Å²) in [6, 6.07) is 173. The Morgan fingerprint density at radius 3 is 0.919 bits per heavy atom. The predicted octanol–water partition coefficient (Wildman–Crippen LogP) is 36.1. The highest BCUT2D eigenvalue weighted by Gasteiger charge is 2.39. The van der Waals surface area contributed by atoms with Crippen molar-refractivity contribution >= 4 is 132 Å². The van der Waals surface area contributed by atoms with Crippen LogP contribution in [0.15, 0.2) is 482 Å². The van der Waals surface area contributed by atoms with E-state index in [9.17, 15) is 0 Å². The summed E-state index contributed by atoms with van der Waals surface area (Å²) in [5.41, 5.74) is 42.0. The second-order valence-electron chi connectivity index (χ2n) is 37.4. The van der Waals surface area contributed by atoms with Gasteiger partial charge >= 0.3 is 0 Å². The first kappa shape index (κ1) is 79.6. The zero-order chi connectivity index (χ0) is 90.4. The van der Waals surface area contributed by atoms with Crippen molar-refractivity contribution in [3.8, 4) is 100 Å². The maximum atomic E-state index is 6.20. The van der Waals surface area contributed by atoms with Crippen LogP contribution in [0.3, 0.4) is 0 Å². The van der Waals surface area contributed by atoms with Crippen molar-refractivity contribution in [1.82, 2.24) is 9.13 Å². The quantitative estimate of drug-likeness (QED) is 0.109. The van der Waals surface area contributed by atoms with Crippen LogP contribution in [0.1, 0.15) is 49.9 Å². The highest BCUT2D eigenvalue weighted by Crippen LogP contribution is 2.56. The van der Waals surface area contributed by atoms with Crippen LogP contribution in [0, 0.1) is 0 Å². The molecule has 0 atom stereocenters. The molecule has 0 unspecified atom stereocenters. The molecule has 6 heteroatoms. The van der Waals surface area contributed by atoms with Crippen LogP contribution in [0.25, 0.3) is 199 Å². The van der Waals surface area contributed by atoms with E-state index in [4.69, 9.17) is 8.83 Å². The summed E-state index contributed by atoms with van der Waals surface area (Å²) in [6.45, 7) is 9.51. The van der Waals surface area contributed by atoms with Crippen molar-refractivity contribution < 1.29 is 8.83 Å². The molecule has 642 valence electrons. The molecule has 0 N–H and O–H groups in total. The van der Waals surface area contributed by atoms with E-state index in [1.807, 2.05) is 24.3 Å². The summed E-state index contributed by atoms with van der Waals surface area (Å²) in [5, 5.41) is 11.9. The Bertz CT molecular complexity index is 9070. The molecule has 2 aliphatic carbocycles. The van der Waals surface area contributed by atoms with E-state index in [2.05, 4.69) is 496 Å². The Kier molecular flexibility index (Phi) is 18.6. The van der Waals surface area contributed by atoms with Crippen LogP contribution in [0.4, 0.5) is 34.1 Å². The third kappa shape index (κ3) is 13.1. The zero-order valence-corrected chi connectivity index (χ0v) is 75.6. The van der Waals surface area contributed by atoms with Crippen LogP contribution < -0.4 is 9.80 Å². The first-order valence-electron chi connectivity index (χ1n) is 47.1. The maximum Gasteiger partial charge on any atom is 0.135 e. The molecule has 0 bridgehead atoms. The van der Waals surface area contributed by atoms with Crippen LogP contribution >= 0.6 is 0 Å². The van der Waals surface area contributed by atoms with Gasteiger partial charge in [-0.2, -0.15) is 0 Å². The predicted molar refractivity (Wildman–Crippen MR) is 571 cm³/mol. The largest absolute Gasteiger partial charge is 0.456 e. The van der Waals surface area contributed by atoms with Gasteiger partial charge in [-0.05, 0) is 293 Å². The molecule has 0 radical (unpaired) electrons. The number of anilines is 6. The van der Waals surface area contributed by atoms with Gasteiger partial charge in [0.2, 0.25) is 0 Å². The lowest BCUT2D eigenvalue weighted by Gasteiger charge is -2.29. The van der Waals surface area contributed by atoms with Gasteiger partial charge < -0.3 is 27.8 Å². The van der Waals surface area contributed by atoms with E-state index in [-0.39, 0.29) is 10.8 Å². The smallest absolute Gasteiger partial charge is 0.135 e. The molecular formula is C130H90N4O2. The second-order valence-corrected chi connectivity index (χ2v) is 37.4. The number of hydrogen-bond acceptors (Lipinski definition) is 4. The van der Waals surface area contributed by atoms with Crippen LogP contribution in [0.2, 0.25) is 0 Å². The van der Waals surface area contributed by atoms with Crippen molar-refractivity contribution in [2.24, 2.45) is 0 Å². The lowest BCUT2D eigenvalue weighted by molar-refractivity contribution is 0.660. The Balaban J connectivity index is 0.000000141. The minimum Gasteiger partial charge on any atom is -0.456 e. The van der Waals surface area contributed by atoms with Gasteiger partial charge in [-0.3, -0.25) is 0 Å². The second kappa shape index (κ2) is 31.7. The summed E-state index contributed by atoms with van der Waals surface area (Å²) in [7, 11) is 0. The van der Waals surface area contributed by atoms with Crippen molar-refractivity contribution in [2.75, 3.05) is 9.80 Å². The van der Waals surface area contributed by atoms with E-state index >= 15 is 0 Å². The molecule has 0 amide bonds. The maximum absolute atomic E-state index is 6.20. The Labute approximate surface area is 789 Å². The number of rotatable bonds is 14. The number of nitrogens with zero attached hydrogens (tertiary/aromatic N) is 4. The number of fused-ring (bicyclic) bond motifs is 19. The molecule has 21 aromatic carbocycles. The minimum atomic E-state index is -0.217. The molecule has 136 heavy (non-hydrogen) atoms. The number of para-hydroxylation sites is 6. The SMILES string of the molecule is CC1(C)c2cc(-c3ccccc3)ccc2-c2ccc(N(c3ccc(-c4ccc5oc6ccccc6c5c4)cc3)c3ccc(-c4ccc5c(c4)c4ccccc4n5-c4ccccc4)c4ccccc34)cc21.CC1(C)c2cc(-c3ccccc3)ccc2-c2ccc(N(c3ccc(-c4ccc5oc6ccccc6c5c4)cc3)c3ccc(-c4ccc5c(c4)c4ccccc4n5-c4ccccc4)cc3)cc21. The van der Waals surface area contributed by atoms with Gasteiger partial charge in [-0.15, -0.1) is 0 Å². The van der Waals surface area contributed by atoms with Crippen molar-refractivity contribution in [3.63, 3.8) is 0 Å². The van der Waals surface area contributed by atoms with E-state index in [0.717, 1.165) is 112 Å². The minimum absolute atomic E-state index is 0.191. The van der Waals surface area contributed by atoms with Gasteiger partial charge in [-0.1, -0.05) is 325 Å². The zero-order valence-electron chi connectivity index (χ0n) is 75.6. The van der Waals surface area contributed by atoms with Crippen molar-refractivity contribution in [3.05, 3.63) is 495 Å². The summed E-state index contributed by atoms with van der Waals surface area (Å²) in [4.78, 5) is 4.87. The van der Waals surface area contributed by atoms with Gasteiger partial charge in [0.1, 0.15) is 22.3 Å². The Hall–Kier alpha value is -17.3. The topological polar surface area (TPSA) is 42.6 Å². The molecule has 0 saturated carbocycles. The third-order valence-corrected chi connectivity index (χ3v) is 29.0. The highest BCUT2D eigenvalue weighted by atomic mass is 16.3. The standard InChI is InChI=1S/C67H46N2O.C63H44N2O/c1-67(2)60-41-46(43-15-5-3-6-16-43)27-33-53(60)54-34-32-50(42-61(54)67)68(49-30-25-44(26-31-49)45-29-38-66-59(39-45)57-22-12-14-24-65(57)70-66)63-37-35-51(52-19-9-10-20-55(52)63)47-28-36-64-58(40-47)56-21-11-13-23-62(56)69(64)48-17-7-4-8-18-48;1-63(2)57-39-46(41-13-5-3-6-14-41)25-33-51(57)52-34-32-50(40-58(52)63)64(49-30-23-43(24-31-49)45-27-36-62-56(38-45)54-18-10-12-20-61(54)66-62)48-28-21-42(22-29-48)44-26-35-60-55(37-44)53-17-9-11-19-59(53)65(60)47-15-7-4-8-16-47/h3-42H,1-2H3;3-40H,1-2H3. The van der Waals surface area contributed by atoms with E-state index in [1.54, 1.807) is 0 Å². The van der Waals surface area contributed by atoms with Crippen molar-refractivity contribution in [1.29, 1.82) is 0 Å². The molecule has 0 spiro atoms. The summed E-state index contributed by atoms with van der Waals surface area (Å²) >= 11 is 0. The average Bonchev–Trinajstić information content (AvgIpc) is 1.58. The Morgan fingerprint density at radius 2 is 0.463 bits per heavy atom. The summed E-state index contributed by atoms with van der Waals surface area (Å²) in [6.07, 6.45) is 0. The molecule has 0 saturated heterocycles. The fourth-order valence-corrected chi connectivity index (χ4v) is 22.2. The lowest BCUT2D eigenvalue weighted by Crippen LogP contribution is -2.17. The fraction of sp³-hybridized carbons (Fsp3) is 0.0462. The normalized spacial score (nSPS) is 12.8. The monoisotopic (exact) mass is 1740 g/mol. The molecule has 4 heterocycles.